The van der Waals surface area contributed by atoms with Gasteiger partial charge in [-0.2, -0.15) is 0 Å². The number of hydrogen-bond donors (Lipinski definition) is 1. The monoisotopic (exact) mass is 147 g/mol. The Kier molecular flexibility index (Phi) is 3.86. The molecule has 2 N–H and O–H groups in total. The molecule has 0 aliphatic heterocycles. The second kappa shape index (κ2) is 4.49. The molecule has 0 saturated heterocycles. The van der Waals surface area contributed by atoms with Gasteiger partial charge in [-0.1, -0.05) is 0 Å². The van der Waals surface area contributed by atoms with E-state index in [2.05, 4.69) is 19.9 Å². The minimum absolute atomic E-state index is 0.0741. The van der Waals surface area contributed by atoms with Crippen molar-refractivity contribution >= 4 is 6.09 Å². The molecule has 0 saturated carbocycles. The van der Waals surface area contributed by atoms with E-state index in [0.717, 1.165) is 6.26 Å². The van der Waals surface area contributed by atoms with Gasteiger partial charge in [0.25, 0.3) is 0 Å². The van der Waals surface area contributed by atoms with Crippen LogP contribution in [0.15, 0.2) is 12.2 Å². The minimum Gasteiger partial charge on any atom is -0.497 e. The molecule has 0 rings (SSSR count). The van der Waals surface area contributed by atoms with E-state index >= 15 is 0 Å². The molecule has 58 valence electrons. The first-order chi connectivity index (χ1) is 4.70. The van der Waals surface area contributed by atoms with E-state index in [1.807, 2.05) is 0 Å². The predicted molar refractivity (Wildman–Crippen MR) is 32.8 cm³/mol. The van der Waals surface area contributed by atoms with Crippen LogP contribution in [0.2, 0.25) is 0 Å². The van der Waals surface area contributed by atoms with Crippen molar-refractivity contribution in [3.05, 3.63) is 12.2 Å². The third kappa shape index (κ3) is 3.59. The average molecular weight is 147 g/mol. The third-order valence-corrected chi connectivity index (χ3v) is 0.616. The summed E-state index contributed by atoms with van der Waals surface area (Å²) in [6, 6.07) is 0. The molecule has 0 fully saturated rings. The van der Waals surface area contributed by atoms with Gasteiger partial charge in [0.15, 0.2) is 6.26 Å². The van der Waals surface area contributed by atoms with Crippen LogP contribution in [0.3, 0.4) is 0 Å². The summed E-state index contributed by atoms with van der Waals surface area (Å²) in [5.74, 6) is -0.0741. The third-order valence-electron chi connectivity index (χ3n) is 0.616. The van der Waals surface area contributed by atoms with Gasteiger partial charge in [-0.15, -0.1) is 0 Å². The SMILES string of the molecule is COC=C(OC)OC(N)=O. The first-order valence-corrected chi connectivity index (χ1v) is 2.45. The van der Waals surface area contributed by atoms with Gasteiger partial charge in [0, 0.05) is 0 Å². The Bertz CT molecular complexity index is 143. The fraction of sp³-hybridized carbons (Fsp3) is 0.400. The quantitative estimate of drug-likeness (QED) is 0.578. The maximum atomic E-state index is 10.1. The topological polar surface area (TPSA) is 70.8 Å². The lowest BCUT2D eigenvalue weighted by Crippen LogP contribution is -2.13. The second-order valence-electron chi connectivity index (χ2n) is 1.30. The van der Waals surface area contributed by atoms with Gasteiger partial charge in [0.1, 0.15) is 0 Å². The van der Waals surface area contributed by atoms with Gasteiger partial charge in [-0.3, -0.25) is 0 Å². The molecular formula is C5H9NO4. The van der Waals surface area contributed by atoms with Crippen LogP contribution in [-0.4, -0.2) is 20.3 Å². The van der Waals surface area contributed by atoms with Gasteiger partial charge in [0.05, 0.1) is 14.2 Å². The van der Waals surface area contributed by atoms with Crippen molar-refractivity contribution in [1.82, 2.24) is 0 Å². The number of amides is 1. The van der Waals surface area contributed by atoms with Gasteiger partial charge in [-0.05, 0) is 0 Å². The van der Waals surface area contributed by atoms with Gasteiger partial charge >= 0.3 is 12.0 Å². The van der Waals surface area contributed by atoms with E-state index in [1.54, 1.807) is 0 Å². The smallest absolute Gasteiger partial charge is 0.412 e. The van der Waals surface area contributed by atoms with Crippen molar-refractivity contribution < 1.29 is 19.0 Å². The van der Waals surface area contributed by atoms with Crippen molar-refractivity contribution in [2.45, 2.75) is 0 Å². The first kappa shape index (κ1) is 8.61. The lowest BCUT2D eigenvalue weighted by molar-refractivity contribution is 0.0867. The number of hydrogen-bond acceptors (Lipinski definition) is 4. The van der Waals surface area contributed by atoms with Gasteiger partial charge in [0.2, 0.25) is 0 Å². The van der Waals surface area contributed by atoms with Crippen LogP contribution in [0.25, 0.3) is 0 Å². The molecule has 5 nitrogen and oxygen atoms in total. The Hall–Kier alpha value is -1.39. The van der Waals surface area contributed by atoms with Crippen LogP contribution in [0, 0.1) is 0 Å². The molecular weight excluding hydrogens is 138 g/mol. The van der Waals surface area contributed by atoms with Crippen LogP contribution in [0.4, 0.5) is 4.79 Å². The Morgan fingerprint density at radius 1 is 1.50 bits per heavy atom. The second-order valence-corrected chi connectivity index (χ2v) is 1.30. The number of carbonyl (C=O) groups excluding carboxylic acids is 1. The van der Waals surface area contributed by atoms with Crippen molar-refractivity contribution in [3.8, 4) is 0 Å². The van der Waals surface area contributed by atoms with E-state index in [-0.39, 0.29) is 5.95 Å². The highest BCUT2D eigenvalue weighted by molar-refractivity contribution is 5.65. The molecule has 0 bridgehead atoms. The van der Waals surface area contributed by atoms with E-state index in [9.17, 15) is 4.79 Å². The van der Waals surface area contributed by atoms with Gasteiger partial charge < -0.3 is 19.9 Å². The first-order valence-electron chi connectivity index (χ1n) is 2.45. The maximum absolute atomic E-state index is 10.1. The van der Waals surface area contributed by atoms with E-state index in [0.29, 0.717) is 0 Å². The van der Waals surface area contributed by atoms with Crippen molar-refractivity contribution in [3.63, 3.8) is 0 Å². The van der Waals surface area contributed by atoms with Crippen molar-refractivity contribution in [2.24, 2.45) is 5.73 Å². The Morgan fingerprint density at radius 2 is 2.10 bits per heavy atom. The summed E-state index contributed by atoms with van der Waals surface area (Å²) < 4.78 is 13.3. The number of primary amides is 1. The summed E-state index contributed by atoms with van der Waals surface area (Å²) >= 11 is 0. The summed E-state index contributed by atoms with van der Waals surface area (Å²) in [7, 11) is 2.72. The lowest BCUT2D eigenvalue weighted by Gasteiger charge is -2.02. The molecule has 0 aliphatic carbocycles. The van der Waals surface area contributed by atoms with Crippen LogP contribution < -0.4 is 5.73 Å². The summed E-state index contributed by atoms with van der Waals surface area (Å²) in [4.78, 5) is 10.1. The summed E-state index contributed by atoms with van der Waals surface area (Å²) in [5, 5.41) is 0. The molecule has 0 radical (unpaired) electrons. The fourth-order valence-electron chi connectivity index (χ4n) is 0.309. The van der Waals surface area contributed by atoms with Crippen molar-refractivity contribution in [2.75, 3.05) is 14.2 Å². The highest BCUT2D eigenvalue weighted by Gasteiger charge is 2.00. The van der Waals surface area contributed by atoms with E-state index in [4.69, 9.17) is 0 Å². The van der Waals surface area contributed by atoms with Gasteiger partial charge in [-0.25, -0.2) is 4.79 Å². The largest absolute Gasteiger partial charge is 0.497 e. The Labute approximate surface area is 58.4 Å². The van der Waals surface area contributed by atoms with E-state index < -0.39 is 6.09 Å². The summed E-state index contributed by atoms with van der Waals surface area (Å²) in [6.45, 7) is 0. The summed E-state index contributed by atoms with van der Waals surface area (Å²) in [6.07, 6.45) is 0.176. The van der Waals surface area contributed by atoms with Crippen LogP contribution in [-0.2, 0) is 14.2 Å². The highest BCUT2D eigenvalue weighted by Crippen LogP contribution is 1.96. The zero-order chi connectivity index (χ0) is 7.98. The maximum Gasteiger partial charge on any atom is 0.412 e. The van der Waals surface area contributed by atoms with Crippen LogP contribution in [0.1, 0.15) is 0 Å². The number of methoxy groups -OCH3 is 2. The molecule has 0 spiro atoms. The standard InChI is InChI=1S/C5H9NO4/c1-8-3-4(9-2)10-5(6)7/h3H,1-2H3,(H2,6,7). The molecule has 0 aliphatic rings. The predicted octanol–water partition coefficient (Wildman–Crippen LogP) is 0.173. The Balaban J connectivity index is 3.83. The number of carbonyl (C=O) groups is 1. The molecule has 10 heavy (non-hydrogen) atoms. The minimum atomic E-state index is -0.940. The number of rotatable bonds is 3. The molecule has 0 aromatic rings. The zero-order valence-electron chi connectivity index (χ0n) is 5.79. The molecule has 0 aromatic carbocycles. The molecule has 0 aromatic heterocycles. The van der Waals surface area contributed by atoms with Crippen molar-refractivity contribution in [1.29, 1.82) is 0 Å². The van der Waals surface area contributed by atoms with E-state index in [1.165, 1.54) is 14.2 Å². The highest BCUT2D eigenvalue weighted by atomic mass is 16.7. The molecule has 0 heterocycles. The van der Waals surface area contributed by atoms with Crippen LogP contribution >= 0.6 is 0 Å². The molecule has 5 heteroatoms. The zero-order valence-corrected chi connectivity index (χ0v) is 5.79. The number of nitrogens with two attached hydrogens (primary N) is 1. The Morgan fingerprint density at radius 3 is 2.40 bits per heavy atom. The van der Waals surface area contributed by atoms with Crippen LogP contribution in [0.5, 0.6) is 0 Å². The molecule has 0 atom stereocenters. The number of ether oxygens (including phenoxy) is 3. The summed E-state index contributed by atoms with van der Waals surface area (Å²) in [5.41, 5.74) is 4.66. The molecule has 0 unspecified atom stereocenters. The fourth-order valence-corrected chi connectivity index (χ4v) is 0.309. The molecule has 1 amide bonds. The normalized spacial score (nSPS) is 10.4. The lowest BCUT2D eigenvalue weighted by atomic mass is 10.9. The average Bonchev–Trinajstić information content (AvgIpc) is 1.86.